The molecule has 0 aromatic carbocycles. The Bertz CT molecular complexity index is 917. The molecule has 1 aliphatic heterocycles. The van der Waals surface area contributed by atoms with Gasteiger partial charge in [0.25, 0.3) is 0 Å². The summed E-state index contributed by atoms with van der Waals surface area (Å²) in [6, 6.07) is 0. The Morgan fingerprint density at radius 1 is 0.466 bits per heavy atom. The third kappa shape index (κ3) is 30.7. The van der Waals surface area contributed by atoms with Crippen molar-refractivity contribution in [2.45, 2.75) is 275 Å². The monoisotopic (exact) mass is 829 g/mol. The molecule has 0 aliphatic carbocycles. The predicted molar refractivity (Wildman–Crippen MR) is 234 cm³/mol. The number of hydrogen-bond donors (Lipinski definition) is 4. The number of carbonyl (C=O) groups excluding carboxylic acids is 2. The van der Waals surface area contributed by atoms with E-state index < -0.39 is 49.4 Å². The second-order valence-electron chi connectivity index (χ2n) is 17.3. The molecular formula is C48H92O10. The van der Waals surface area contributed by atoms with Gasteiger partial charge in [-0.1, -0.05) is 213 Å². The average Bonchev–Trinajstić information content (AvgIpc) is 3.22. The molecule has 1 heterocycles. The molecule has 1 saturated heterocycles. The average molecular weight is 829 g/mol. The Morgan fingerprint density at radius 2 is 0.810 bits per heavy atom. The maximum Gasteiger partial charge on any atom is 0.306 e. The Hall–Kier alpha value is -1.30. The molecule has 0 amide bonds. The van der Waals surface area contributed by atoms with Gasteiger partial charge in [0, 0.05) is 12.8 Å². The first kappa shape index (κ1) is 54.7. The zero-order valence-corrected chi connectivity index (χ0v) is 37.6. The lowest BCUT2D eigenvalue weighted by Crippen LogP contribution is -2.59. The van der Waals surface area contributed by atoms with Crippen molar-refractivity contribution in [2.75, 3.05) is 19.8 Å². The molecule has 0 bridgehead atoms. The summed E-state index contributed by atoms with van der Waals surface area (Å²) in [6.07, 6.45) is 33.9. The van der Waals surface area contributed by atoms with Crippen LogP contribution < -0.4 is 0 Å². The van der Waals surface area contributed by atoms with Gasteiger partial charge in [-0.05, 0) is 12.8 Å². The zero-order chi connectivity index (χ0) is 42.3. The van der Waals surface area contributed by atoms with Crippen LogP contribution in [0, 0.1) is 0 Å². The number of aliphatic hydroxyl groups excluding tert-OH is 4. The Balaban J connectivity index is 2.25. The van der Waals surface area contributed by atoms with E-state index >= 15 is 0 Å². The third-order valence-electron chi connectivity index (χ3n) is 11.7. The van der Waals surface area contributed by atoms with Gasteiger partial charge in [0.2, 0.25) is 0 Å². The molecule has 0 aromatic rings. The summed E-state index contributed by atoms with van der Waals surface area (Å²) in [4.78, 5) is 25.4. The highest BCUT2D eigenvalue weighted by Gasteiger charge is 2.44. The van der Waals surface area contributed by atoms with E-state index in [0.717, 1.165) is 38.5 Å². The van der Waals surface area contributed by atoms with E-state index in [-0.39, 0.29) is 32.0 Å². The molecule has 58 heavy (non-hydrogen) atoms. The van der Waals surface area contributed by atoms with Crippen LogP contribution in [0.2, 0.25) is 0 Å². The number of rotatable bonds is 42. The number of unbranched alkanes of at least 4 members (excludes halogenated alkanes) is 31. The standard InChI is InChI=1S/C48H92O10/c1-3-5-7-9-11-13-15-17-19-20-21-22-23-25-26-28-30-32-34-36-43(50)55-39-41(40-56-48-47(54)46(53)45(52)42(38-49)58-48)57-44(51)37-35-33-31-29-27-24-18-16-14-12-10-8-6-4-2/h41-42,45-49,52-54H,3-40H2,1-2H3/t41-,42-,45+,46?,47?,48-/m0/s1. The minimum atomic E-state index is -1.59. The highest BCUT2D eigenvalue weighted by Crippen LogP contribution is 2.23. The molecule has 344 valence electrons. The minimum absolute atomic E-state index is 0.208. The first-order chi connectivity index (χ1) is 28.3. The van der Waals surface area contributed by atoms with Crippen molar-refractivity contribution in [3.8, 4) is 0 Å². The quantitative estimate of drug-likeness (QED) is 0.0346. The number of esters is 2. The molecule has 1 aliphatic rings. The van der Waals surface area contributed by atoms with E-state index in [9.17, 15) is 30.0 Å². The maximum atomic E-state index is 12.8. The van der Waals surface area contributed by atoms with Crippen molar-refractivity contribution in [2.24, 2.45) is 0 Å². The number of aliphatic hydroxyl groups is 4. The maximum absolute atomic E-state index is 12.8. The third-order valence-corrected chi connectivity index (χ3v) is 11.7. The van der Waals surface area contributed by atoms with Gasteiger partial charge in [0.1, 0.15) is 31.0 Å². The summed E-state index contributed by atoms with van der Waals surface area (Å²) in [5.41, 5.74) is 0. The van der Waals surface area contributed by atoms with E-state index in [1.165, 1.54) is 167 Å². The molecule has 4 N–H and O–H groups in total. The minimum Gasteiger partial charge on any atom is -0.462 e. The van der Waals surface area contributed by atoms with E-state index in [1.54, 1.807) is 0 Å². The second kappa shape index (κ2) is 39.8. The molecule has 0 spiro atoms. The van der Waals surface area contributed by atoms with Crippen molar-refractivity contribution < 1.29 is 49.0 Å². The van der Waals surface area contributed by atoms with E-state index in [4.69, 9.17) is 18.9 Å². The number of carbonyl (C=O) groups is 2. The first-order valence-electron chi connectivity index (χ1n) is 24.6. The van der Waals surface area contributed by atoms with Crippen LogP contribution in [0.1, 0.15) is 239 Å². The summed E-state index contributed by atoms with van der Waals surface area (Å²) >= 11 is 0. The molecule has 1 rings (SSSR count). The normalized spacial score (nSPS) is 20.0. The van der Waals surface area contributed by atoms with Gasteiger partial charge in [-0.15, -0.1) is 0 Å². The van der Waals surface area contributed by atoms with Crippen molar-refractivity contribution in [3.05, 3.63) is 0 Å². The summed E-state index contributed by atoms with van der Waals surface area (Å²) in [6.45, 7) is 3.47. The molecule has 2 unspecified atom stereocenters. The van der Waals surface area contributed by atoms with Gasteiger partial charge < -0.3 is 39.4 Å². The van der Waals surface area contributed by atoms with Crippen LogP contribution >= 0.6 is 0 Å². The fourth-order valence-corrected chi connectivity index (χ4v) is 7.84. The largest absolute Gasteiger partial charge is 0.462 e. The Labute approximate surface area is 355 Å². The van der Waals surface area contributed by atoms with Crippen LogP contribution in [0.15, 0.2) is 0 Å². The lowest BCUT2D eigenvalue weighted by atomic mass is 9.99. The summed E-state index contributed by atoms with van der Waals surface area (Å²) < 4.78 is 22.2. The molecule has 10 nitrogen and oxygen atoms in total. The van der Waals surface area contributed by atoms with Crippen molar-refractivity contribution >= 4 is 11.9 Å². The lowest BCUT2D eigenvalue weighted by molar-refractivity contribution is -0.305. The smallest absolute Gasteiger partial charge is 0.306 e. The molecule has 0 aromatic heterocycles. The van der Waals surface area contributed by atoms with Gasteiger partial charge in [0.15, 0.2) is 12.4 Å². The molecule has 10 heteroatoms. The highest BCUT2D eigenvalue weighted by molar-refractivity contribution is 5.70. The molecular weight excluding hydrogens is 737 g/mol. The van der Waals surface area contributed by atoms with E-state index in [0.29, 0.717) is 6.42 Å². The zero-order valence-electron chi connectivity index (χ0n) is 37.6. The van der Waals surface area contributed by atoms with Gasteiger partial charge >= 0.3 is 11.9 Å². The SMILES string of the molecule is CCCCCCCCCCCCCCCCCCCCCC(=O)OC[C@@H](CO[C@H]1O[C@@H](CO)[C@@H](O)C(O)C1O)OC(=O)CCCCCCCCCCCCCCCC. The summed E-state index contributed by atoms with van der Waals surface area (Å²) in [7, 11) is 0. The predicted octanol–water partition coefficient (Wildman–Crippen LogP) is 11.0. The van der Waals surface area contributed by atoms with Crippen LogP contribution in [0.5, 0.6) is 0 Å². The van der Waals surface area contributed by atoms with E-state index in [1.807, 2.05) is 0 Å². The van der Waals surface area contributed by atoms with Crippen molar-refractivity contribution in [3.63, 3.8) is 0 Å². The van der Waals surface area contributed by atoms with Crippen LogP contribution in [-0.4, -0.2) is 89.0 Å². The van der Waals surface area contributed by atoms with Crippen LogP contribution in [0.25, 0.3) is 0 Å². The van der Waals surface area contributed by atoms with Crippen molar-refractivity contribution in [1.82, 2.24) is 0 Å². The number of hydrogen-bond acceptors (Lipinski definition) is 10. The fourth-order valence-electron chi connectivity index (χ4n) is 7.84. The second-order valence-corrected chi connectivity index (χ2v) is 17.3. The molecule has 0 radical (unpaired) electrons. The van der Waals surface area contributed by atoms with Crippen LogP contribution in [0.3, 0.4) is 0 Å². The van der Waals surface area contributed by atoms with Crippen LogP contribution in [0.4, 0.5) is 0 Å². The van der Waals surface area contributed by atoms with Crippen LogP contribution in [-0.2, 0) is 28.5 Å². The fraction of sp³-hybridized carbons (Fsp3) is 0.958. The van der Waals surface area contributed by atoms with Gasteiger partial charge in [-0.25, -0.2) is 0 Å². The Morgan fingerprint density at radius 3 is 1.17 bits per heavy atom. The van der Waals surface area contributed by atoms with Gasteiger partial charge in [-0.3, -0.25) is 9.59 Å². The van der Waals surface area contributed by atoms with Gasteiger partial charge in [0.05, 0.1) is 13.2 Å². The van der Waals surface area contributed by atoms with Gasteiger partial charge in [-0.2, -0.15) is 0 Å². The molecule has 6 atom stereocenters. The first-order valence-corrected chi connectivity index (χ1v) is 24.6. The van der Waals surface area contributed by atoms with E-state index in [2.05, 4.69) is 13.8 Å². The lowest BCUT2D eigenvalue weighted by Gasteiger charge is -2.39. The number of ether oxygens (including phenoxy) is 4. The molecule has 0 saturated carbocycles. The topological polar surface area (TPSA) is 152 Å². The highest BCUT2D eigenvalue weighted by atomic mass is 16.7. The Kier molecular flexibility index (Phi) is 37.6. The van der Waals surface area contributed by atoms with Crippen molar-refractivity contribution in [1.29, 1.82) is 0 Å². The summed E-state index contributed by atoms with van der Waals surface area (Å²) in [5.74, 6) is -0.788. The molecule has 1 fully saturated rings. The summed E-state index contributed by atoms with van der Waals surface area (Å²) in [5, 5.41) is 40.1.